The fourth-order valence-corrected chi connectivity index (χ4v) is 6.11. The first-order chi connectivity index (χ1) is 15.7. The predicted octanol–water partition coefficient (Wildman–Crippen LogP) is 3.67. The molecular formula is C23H21F3N4O2S. The minimum Gasteiger partial charge on any atom is -0.495 e. The Kier molecular flexibility index (Phi) is 5.06. The van der Waals surface area contributed by atoms with Crippen molar-refractivity contribution in [2.24, 2.45) is 16.6 Å². The summed E-state index contributed by atoms with van der Waals surface area (Å²) < 4.78 is 48.7. The lowest BCUT2D eigenvalue weighted by Gasteiger charge is -2.34. The number of pyridine rings is 2. The third-order valence-corrected chi connectivity index (χ3v) is 7.88. The van der Waals surface area contributed by atoms with Crippen LogP contribution in [0, 0.1) is 23.4 Å². The number of methoxy groups -OCH3 is 1. The number of halogens is 3. The van der Waals surface area contributed by atoms with Gasteiger partial charge in [-0.15, -0.1) is 0 Å². The summed E-state index contributed by atoms with van der Waals surface area (Å²) in [5, 5.41) is 10.3. The lowest BCUT2D eigenvalue weighted by molar-refractivity contribution is 0.264. The van der Waals surface area contributed by atoms with Crippen LogP contribution in [0.15, 0.2) is 35.6 Å². The van der Waals surface area contributed by atoms with E-state index in [2.05, 4.69) is 15.0 Å². The molecule has 10 heteroatoms. The van der Waals surface area contributed by atoms with Crippen LogP contribution >= 0.6 is 11.8 Å². The van der Waals surface area contributed by atoms with Gasteiger partial charge in [-0.3, -0.25) is 15.0 Å². The van der Waals surface area contributed by atoms with Crippen LogP contribution in [0.3, 0.4) is 0 Å². The molecule has 33 heavy (non-hydrogen) atoms. The van der Waals surface area contributed by atoms with Crippen LogP contribution in [0.1, 0.15) is 30.2 Å². The average molecular weight is 475 g/mol. The molecule has 0 spiro atoms. The van der Waals surface area contributed by atoms with Crippen LogP contribution in [-0.2, 0) is 12.0 Å². The smallest absolute Gasteiger partial charge is 0.164 e. The van der Waals surface area contributed by atoms with Crippen LogP contribution in [0.25, 0.3) is 10.9 Å². The van der Waals surface area contributed by atoms with Gasteiger partial charge in [0, 0.05) is 23.3 Å². The summed E-state index contributed by atoms with van der Waals surface area (Å²) in [6, 6.07) is 4.16. The highest BCUT2D eigenvalue weighted by molar-refractivity contribution is 8.15. The molecule has 2 aliphatic rings. The number of thioether (sulfide) groups is 1. The van der Waals surface area contributed by atoms with Crippen molar-refractivity contribution in [1.82, 2.24) is 9.97 Å². The molecule has 3 N–H and O–H groups in total. The van der Waals surface area contributed by atoms with E-state index in [-0.39, 0.29) is 35.1 Å². The Labute approximate surface area is 192 Å². The maximum atomic E-state index is 15.0. The van der Waals surface area contributed by atoms with Crippen LogP contribution in [0.4, 0.5) is 13.2 Å². The van der Waals surface area contributed by atoms with Crippen molar-refractivity contribution in [3.63, 3.8) is 0 Å². The van der Waals surface area contributed by atoms with Gasteiger partial charge in [0.2, 0.25) is 0 Å². The van der Waals surface area contributed by atoms with E-state index < -0.39 is 27.7 Å². The number of aromatic nitrogens is 2. The average Bonchev–Trinajstić information content (AvgIpc) is 3.53. The van der Waals surface area contributed by atoms with Crippen molar-refractivity contribution in [2.45, 2.75) is 30.1 Å². The van der Waals surface area contributed by atoms with Gasteiger partial charge >= 0.3 is 0 Å². The molecule has 5 rings (SSSR count). The van der Waals surface area contributed by atoms with Gasteiger partial charge in [-0.25, -0.2) is 13.2 Å². The highest BCUT2D eigenvalue weighted by Crippen LogP contribution is 2.65. The number of fused-ring (bicyclic) bond motifs is 2. The van der Waals surface area contributed by atoms with Gasteiger partial charge in [-0.05, 0) is 37.1 Å². The van der Waals surface area contributed by atoms with Gasteiger partial charge in [0.25, 0.3) is 0 Å². The Hall–Kier alpha value is -2.85. The van der Waals surface area contributed by atoms with E-state index >= 15 is 4.39 Å². The van der Waals surface area contributed by atoms with Gasteiger partial charge in [0.15, 0.2) is 22.6 Å². The van der Waals surface area contributed by atoms with E-state index in [1.807, 2.05) is 0 Å². The molecule has 1 aliphatic carbocycles. The molecule has 3 atom stereocenters. The summed E-state index contributed by atoms with van der Waals surface area (Å²) in [6.45, 7) is 1.58. The standard InChI is InChI=1S/C23H21F3N4O2S/c1-22(18-7-23(18,10-31)33-21(27)30-22)14-3-11(4-15(24)19(14)26)5-17-20-13(16(25)9-28-17)6-12(32-2)8-29-20/h3-4,6,8-9,18,31H,5,7,10H2,1-2H3,(H2,27,30)/t18-,22+,23+/m0/s1. The third-order valence-electron chi connectivity index (χ3n) is 6.59. The predicted molar refractivity (Wildman–Crippen MR) is 120 cm³/mol. The molecule has 0 unspecified atom stereocenters. The number of ether oxygens (including phenoxy) is 1. The highest BCUT2D eigenvalue weighted by Gasteiger charge is 2.66. The van der Waals surface area contributed by atoms with E-state index in [0.29, 0.717) is 28.9 Å². The number of nitrogens with zero attached hydrogens (tertiary/aromatic N) is 3. The van der Waals surface area contributed by atoms with Crippen LogP contribution in [0.2, 0.25) is 0 Å². The van der Waals surface area contributed by atoms with Gasteiger partial charge in [-0.2, -0.15) is 0 Å². The maximum Gasteiger partial charge on any atom is 0.164 e. The Morgan fingerprint density at radius 2 is 1.97 bits per heavy atom. The van der Waals surface area contributed by atoms with E-state index in [1.54, 1.807) is 13.0 Å². The largest absolute Gasteiger partial charge is 0.495 e. The maximum absolute atomic E-state index is 15.0. The van der Waals surface area contributed by atoms with Crippen molar-refractivity contribution in [2.75, 3.05) is 13.7 Å². The van der Waals surface area contributed by atoms with Crippen molar-refractivity contribution in [1.29, 1.82) is 0 Å². The molecule has 172 valence electrons. The lowest BCUT2D eigenvalue weighted by Crippen LogP contribution is -2.37. The number of aliphatic hydroxyl groups is 1. The minimum atomic E-state index is -1.12. The number of hydrogen-bond donors (Lipinski definition) is 2. The van der Waals surface area contributed by atoms with Crippen molar-refractivity contribution < 1.29 is 23.0 Å². The minimum absolute atomic E-state index is 0.0714. The monoisotopic (exact) mass is 474 g/mol. The zero-order chi connectivity index (χ0) is 23.5. The molecule has 1 fully saturated rings. The van der Waals surface area contributed by atoms with Crippen LogP contribution in [-0.4, -0.2) is 38.7 Å². The number of nitrogens with two attached hydrogens (primary N) is 1. The van der Waals surface area contributed by atoms with Gasteiger partial charge < -0.3 is 15.6 Å². The Bertz CT molecular complexity index is 1320. The summed E-state index contributed by atoms with van der Waals surface area (Å²) in [5.74, 6) is -2.37. The first-order valence-corrected chi connectivity index (χ1v) is 11.1. The molecule has 6 nitrogen and oxygen atoms in total. The molecule has 0 amide bonds. The molecule has 3 aromatic rings. The number of amidine groups is 1. The topological polar surface area (TPSA) is 93.6 Å². The summed E-state index contributed by atoms with van der Waals surface area (Å²) in [4.78, 5) is 12.9. The normalized spacial score (nSPS) is 26.1. The number of rotatable bonds is 5. The SMILES string of the molecule is COc1cnc2c(Cc3cc(F)c(F)c([C@@]4(C)N=C(N)S[C@@]5(CO)C[C@H]54)c3)ncc(F)c2c1. The zero-order valence-corrected chi connectivity index (χ0v) is 18.7. The molecule has 3 heterocycles. The number of aliphatic imine (C=N–C) groups is 1. The molecular weight excluding hydrogens is 453 g/mol. The molecule has 1 saturated carbocycles. The second kappa shape index (κ2) is 7.59. The van der Waals surface area contributed by atoms with E-state index in [9.17, 15) is 13.9 Å². The molecule has 1 aliphatic heterocycles. The van der Waals surface area contributed by atoms with Crippen molar-refractivity contribution in [3.05, 3.63) is 64.9 Å². The fourth-order valence-electron chi connectivity index (χ4n) is 4.78. The van der Waals surface area contributed by atoms with Gasteiger partial charge in [0.1, 0.15) is 5.75 Å². The first-order valence-electron chi connectivity index (χ1n) is 10.3. The molecule has 0 radical (unpaired) electrons. The zero-order valence-electron chi connectivity index (χ0n) is 17.9. The van der Waals surface area contributed by atoms with E-state index in [4.69, 9.17) is 10.5 Å². The first kappa shape index (κ1) is 22.0. The van der Waals surface area contributed by atoms with Crippen LogP contribution < -0.4 is 10.5 Å². The number of hydrogen-bond acceptors (Lipinski definition) is 7. The van der Waals surface area contributed by atoms with Crippen LogP contribution in [0.5, 0.6) is 5.75 Å². The highest BCUT2D eigenvalue weighted by atomic mass is 32.2. The second-order valence-electron chi connectivity index (χ2n) is 8.62. The number of benzene rings is 1. The summed E-state index contributed by atoms with van der Waals surface area (Å²) in [6.07, 6.45) is 3.21. The quantitative estimate of drug-likeness (QED) is 0.586. The van der Waals surface area contributed by atoms with Crippen molar-refractivity contribution >= 4 is 27.8 Å². The summed E-state index contributed by atoms with van der Waals surface area (Å²) in [5.41, 5.74) is 6.10. The fraction of sp³-hybridized carbons (Fsp3) is 0.348. The van der Waals surface area contributed by atoms with E-state index in [0.717, 1.165) is 12.3 Å². The summed E-state index contributed by atoms with van der Waals surface area (Å²) >= 11 is 1.28. The summed E-state index contributed by atoms with van der Waals surface area (Å²) in [7, 11) is 1.45. The molecule has 2 aromatic heterocycles. The Morgan fingerprint density at radius 3 is 2.70 bits per heavy atom. The molecule has 0 saturated heterocycles. The third kappa shape index (κ3) is 3.43. The number of aliphatic hydroxyl groups excluding tert-OH is 1. The molecule has 1 aromatic carbocycles. The Morgan fingerprint density at radius 1 is 1.18 bits per heavy atom. The Balaban J connectivity index is 1.59. The molecule has 0 bridgehead atoms. The van der Waals surface area contributed by atoms with Crippen molar-refractivity contribution in [3.8, 4) is 5.75 Å². The van der Waals surface area contributed by atoms with Gasteiger partial charge in [0.05, 0.1) is 47.6 Å². The lowest BCUT2D eigenvalue weighted by atomic mass is 9.84. The second-order valence-corrected chi connectivity index (χ2v) is 10.1. The van der Waals surface area contributed by atoms with E-state index in [1.165, 1.54) is 31.1 Å². The van der Waals surface area contributed by atoms with Gasteiger partial charge in [-0.1, -0.05) is 11.8 Å².